The molecule has 0 radical (unpaired) electrons. The number of carbonyl (C=O) groups is 1. The molecule has 1 aliphatic heterocycles. The van der Waals surface area contributed by atoms with Crippen molar-refractivity contribution >= 4 is 17.3 Å². The Morgan fingerprint density at radius 3 is 2.86 bits per heavy atom. The van der Waals surface area contributed by atoms with Crippen LogP contribution in [-0.2, 0) is 4.79 Å². The van der Waals surface area contributed by atoms with Gasteiger partial charge in [0, 0.05) is 23.4 Å². The molecule has 2 aliphatic rings. The number of amides is 1. The third kappa shape index (κ3) is 2.97. The molecule has 22 heavy (non-hydrogen) atoms. The number of nitrogens with one attached hydrogen (secondary N) is 2. The molecule has 1 amide bonds. The van der Waals surface area contributed by atoms with Crippen LogP contribution in [0.15, 0.2) is 18.2 Å². The van der Waals surface area contributed by atoms with Gasteiger partial charge in [-0.3, -0.25) is 14.9 Å². The van der Waals surface area contributed by atoms with Crippen molar-refractivity contribution in [2.24, 2.45) is 5.92 Å². The van der Waals surface area contributed by atoms with Gasteiger partial charge in [0.1, 0.15) is 0 Å². The van der Waals surface area contributed by atoms with Crippen LogP contribution in [0.25, 0.3) is 0 Å². The van der Waals surface area contributed by atoms with Gasteiger partial charge < -0.3 is 10.6 Å². The summed E-state index contributed by atoms with van der Waals surface area (Å²) in [5.74, 6) is 0.504. The molecule has 1 saturated carbocycles. The van der Waals surface area contributed by atoms with E-state index in [-0.39, 0.29) is 17.6 Å². The zero-order chi connectivity index (χ0) is 15.7. The average molecular weight is 303 g/mol. The van der Waals surface area contributed by atoms with Crippen molar-refractivity contribution in [1.29, 1.82) is 0 Å². The maximum atomic E-state index is 12.4. The lowest BCUT2D eigenvalue weighted by Gasteiger charge is -2.24. The maximum Gasteiger partial charge on any atom is 0.274 e. The van der Waals surface area contributed by atoms with Crippen LogP contribution in [0.2, 0.25) is 0 Å². The van der Waals surface area contributed by atoms with E-state index in [0.717, 1.165) is 12.8 Å². The second-order valence-electron chi connectivity index (χ2n) is 6.35. The fourth-order valence-corrected chi connectivity index (χ4v) is 3.63. The van der Waals surface area contributed by atoms with Gasteiger partial charge in [-0.15, -0.1) is 0 Å². The van der Waals surface area contributed by atoms with Crippen LogP contribution in [-0.4, -0.2) is 22.9 Å². The van der Waals surface area contributed by atoms with Gasteiger partial charge in [-0.1, -0.05) is 18.9 Å². The summed E-state index contributed by atoms with van der Waals surface area (Å²) in [5.41, 5.74) is 1.11. The molecule has 1 heterocycles. The average Bonchev–Trinajstić information content (AvgIpc) is 2.93. The first-order valence-corrected chi connectivity index (χ1v) is 7.86. The number of hydrogen-bond acceptors (Lipinski definition) is 4. The molecule has 1 aromatic carbocycles. The number of rotatable bonds is 3. The van der Waals surface area contributed by atoms with Crippen molar-refractivity contribution < 1.29 is 9.72 Å². The topological polar surface area (TPSA) is 84.3 Å². The smallest absolute Gasteiger partial charge is 0.274 e. The molecule has 0 spiro atoms. The fourth-order valence-electron chi connectivity index (χ4n) is 3.63. The van der Waals surface area contributed by atoms with Crippen molar-refractivity contribution in [3.8, 4) is 0 Å². The zero-order valence-corrected chi connectivity index (χ0v) is 12.7. The SMILES string of the molecule is Cc1ccc(NC(=O)C2CC3CCCCC3N2)cc1[N+](=O)[O-]. The largest absolute Gasteiger partial charge is 0.324 e. The Balaban J connectivity index is 1.67. The van der Waals surface area contributed by atoms with E-state index in [0.29, 0.717) is 23.2 Å². The number of benzene rings is 1. The highest BCUT2D eigenvalue weighted by Crippen LogP contribution is 2.33. The first-order chi connectivity index (χ1) is 10.5. The highest BCUT2D eigenvalue weighted by Gasteiger charge is 2.38. The van der Waals surface area contributed by atoms with Gasteiger partial charge in [0.05, 0.1) is 11.0 Å². The van der Waals surface area contributed by atoms with E-state index in [9.17, 15) is 14.9 Å². The summed E-state index contributed by atoms with van der Waals surface area (Å²) in [6.07, 6.45) is 5.68. The lowest BCUT2D eigenvalue weighted by molar-refractivity contribution is -0.385. The number of anilines is 1. The number of nitro groups is 1. The molecule has 1 aliphatic carbocycles. The minimum atomic E-state index is -0.423. The quantitative estimate of drug-likeness (QED) is 0.664. The van der Waals surface area contributed by atoms with Gasteiger partial charge in [-0.05, 0) is 38.2 Å². The summed E-state index contributed by atoms with van der Waals surface area (Å²) >= 11 is 0. The van der Waals surface area contributed by atoms with Gasteiger partial charge in [-0.25, -0.2) is 0 Å². The molecule has 118 valence electrons. The molecule has 6 heteroatoms. The van der Waals surface area contributed by atoms with E-state index >= 15 is 0 Å². The monoisotopic (exact) mass is 303 g/mol. The minimum Gasteiger partial charge on any atom is -0.324 e. The molecular weight excluding hydrogens is 282 g/mol. The van der Waals surface area contributed by atoms with Gasteiger partial charge >= 0.3 is 0 Å². The van der Waals surface area contributed by atoms with Crippen molar-refractivity contribution in [3.63, 3.8) is 0 Å². The Morgan fingerprint density at radius 2 is 2.14 bits per heavy atom. The summed E-state index contributed by atoms with van der Waals surface area (Å²) in [5, 5.41) is 17.2. The van der Waals surface area contributed by atoms with Crippen molar-refractivity contribution in [3.05, 3.63) is 33.9 Å². The van der Waals surface area contributed by atoms with Gasteiger partial charge in [0.2, 0.25) is 5.91 Å². The molecule has 3 rings (SSSR count). The van der Waals surface area contributed by atoms with Crippen molar-refractivity contribution in [2.45, 2.75) is 51.1 Å². The molecule has 1 aromatic rings. The molecule has 0 bridgehead atoms. The molecule has 0 aromatic heterocycles. The van der Waals surface area contributed by atoms with E-state index in [4.69, 9.17) is 0 Å². The van der Waals surface area contributed by atoms with Gasteiger partial charge in [-0.2, -0.15) is 0 Å². The number of nitro benzene ring substituents is 1. The normalized spacial score (nSPS) is 27.2. The number of hydrogen-bond donors (Lipinski definition) is 2. The summed E-state index contributed by atoms with van der Waals surface area (Å²) in [6, 6.07) is 5.07. The fraction of sp³-hybridized carbons (Fsp3) is 0.562. The number of nitrogens with zero attached hydrogens (tertiary/aromatic N) is 1. The molecule has 1 saturated heterocycles. The zero-order valence-electron chi connectivity index (χ0n) is 12.7. The maximum absolute atomic E-state index is 12.4. The number of aryl methyl sites for hydroxylation is 1. The van der Waals surface area contributed by atoms with Crippen LogP contribution in [0.3, 0.4) is 0 Å². The Morgan fingerprint density at radius 1 is 1.36 bits per heavy atom. The van der Waals surface area contributed by atoms with E-state index in [1.165, 1.54) is 25.3 Å². The Kier molecular flexibility index (Phi) is 4.11. The highest BCUT2D eigenvalue weighted by molar-refractivity contribution is 5.95. The van der Waals surface area contributed by atoms with Crippen LogP contribution in [0.1, 0.15) is 37.7 Å². The lowest BCUT2D eigenvalue weighted by Crippen LogP contribution is -2.39. The predicted molar refractivity (Wildman–Crippen MR) is 83.7 cm³/mol. The van der Waals surface area contributed by atoms with E-state index in [1.807, 2.05) is 0 Å². The first kappa shape index (κ1) is 15.0. The van der Waals surface area contributed by atoms with Crippen LogP contribution in [0.4, 0.5) is 11.4 Å². The second-order valence-corrected chi connectivity index (χ2v) is 6.35. The lowest BCUT2D eigenvalue weighted by atomic mass is 9.85. The van der Waals surface area contributed by atoms with Crippen LogP contribution >= 0.6 is 0 Å². The molecule has 2 fully saturated rings. The number of carbonyl (C=O) groups excluding carboxylic acids is 1. The summed E-state index contributed by atoms with van der Waals surface area (Å²) in [4.78, 5) is 22.9. The summed E-state index contributed by atoms with van der Waals surface area (Å²) in [7, 11) is 0. The minimum absolute atomic E-state index is 0.0332. The van der Waals surface area contributed by atoms with Crippen LogP contribution < -0.4 is 10.6 Å². The van der Waals surface area contributed by atoms with E-state index in [2.05, 4.69) is 10.6 Å². The molecule has 6 nitrogen and oxygen atoms in total. The van der Waals surface area contributed by atoms with Gasteiger partial charge in [0.15, 0.2) is 0 Å². The van der Waals surface area contributed by atoms with Crippen LogP contribution in [0, 0.1) is 23.0 Å². The molecule has 3 atom stereocenters. The Hall–Kier alpha value is -1.95. The standard InChI is InChI=1S/C16H21N3O3/c1-10-6-7-12(9-15(10)19(21)22)17-16(20)14-8-11-4-2-3-5-13(11)18-14/h6-7,9,11,13-14,18H,2-5,8H2,1H3,(H,17,20). The van der Waals surface area contributed by atoms with Crippen molar-refractivity contribution in [2.75, 3.05) is 5.32 Å². The Bertz CT molecular complexity index is 588. The molecular formula is C16H21N3O3. The van der Waals surface area contributed by atoms with Crippen molar-refractivity contribution in [1.82, 2.24) is 5.32 Å². The third-order valence-electron chi connectivity index (χ3n) is 4.85. The molecule has 3 unspecified atom stereocenters. The summed E-state index contributed by atoms with van der Waals surface area (Å²) in [6.45, 7) is 1.69. The predicted octanol–water partition coefficient (Wildman–Crippen LogP) is 2.76. The van der Waals surface area contributed by atoms with Crippen LogP contribution in [0.5, 0.6) is 0 Å². The number of fused-ring (bicyclic) bond motifs is 1. The summed E-state index contributed by atoms with van der Waals surface area (Å²) < 4.78 is 0. The van der Waals surface area contributed by atoms with Gasteiger partial charge in [0.25, 0.3) is 5.69 Å². The first-order valence-electron chi connectivity index (χ1n) is 7.86. The second kappa shape index (κ2) is 6.04. The molecule has 2 N–H and O–H groups in total. The Labute approximate surface area is 129 Å². The van der Waals surface area contributed by atoms with E-state index in [1.54, 1.807) is 19.1 Å². The third-order valence-corrected chi connectivity index (χ3v) is 4.85. The van der Waals surface area contributed by atoms with E-state index < -0.39 is 4.92 Å². The highest BCUT2D eigenvalue weighted by atomic mass is 16.6.